The zero-order chi connectivity index (χ0) is 34.8. The monoisotopic (exact) mass is 683 g/mol. The molecule has 3 N–H and O–H groups in total. The molecule has 2 aliphatic rings. The summed E-state index contributed by atoms with van der Waals surface area (Å²) in [6.07, 6.45) is 7.85. The van der Waals surface area contributed by atoms with Crippen LogP contribution in [-0.4, -0.2) is 81.3 Å². The maximum absolute atomic E-state index is 14.4. The second-order valence-corrected chi connectivity index (χ2v) is 13.4. The van der Waals surface area contributed by atoms with Crippen LogP contribution in [0.1, 0.15) is 102 Å². The summed E-state index contributed by atoms with van der Waals surface area (Å²) in [5.74, 6) is -2.54. The number of hydrogen-bond acceptors (Lipinski definition) is 6. The van der Waals surface area contributed by atoms with Gasteiger partial charge in [0.25, 0.3) is 5.91 Å². The van der Waals surface area contributed by atoms with Gasteiger partial charge in [-0.25, -0.2) is 0 Å². The van der Waals surface area contributed by atoms with Crippen LogP contribution in [0.15, 0.2) is 30.5 Å². The van der Waals surface area contributed by atoms with Gasteiger partial charge in [0.15, 0.2) is 11.8 Å². The van der Waals surface area contributed by atoms with E-state index in [9.17, 15) is 28.8 Å². The smallest absolute Gasteiger partial charge is 0.251 e. The molecule has 0 spiro atoms. The van der Waals surface area contributed by atoms with E-state index in [2.05, 4.69) is 16.0 Å². The molecule has 12 heteroatoms. The summed E-state index contributed by atoms with van der Waals surface area (Å²) in [4.78, 5) is 83.7. The molecule has 2 saturated heterocycles. The fraction of sp³-hybridized carbons (Fsp3) is 0.611. The fourth-order valence-electron chi connectivity index (χ4n) is 6.63. The lowest BCUT2D eigenvalue weighted by molar-refractivity contribution is -0.147. The van der Waals surface area contributed by atoms with Crippen LogP contribution in [0.5, 0.6) is 0 Å². The van der Waals surface area contributed by atoms with Crippen LogP contribution in [0.2, 0.25) is 0 Å². The first kappa shape index (κ1) is 37.1. The number of alkyl halides is 1. The van der Waals surface area contributed by atoms with Gasteiger partial charge in [0.05, 0.1) is 0 Å². The number of piperidine rings is 1. The van der Waals surface area contributed by atoms with Crippen LogP contribution in [0, 0.1) is 5.92 Å². The third kappa shape index (κ3) is 8.84. The molecule has 1 aromatic carbocycles. The minimum Gasteiger partial charge on any atom is -0.347 e. The average molecular weight is 684 g/mol. The van der Waals surface area contributed by atoms with E-state index in [1.165, 1.54) is 4.90 Å². The number of benzene rings is 1. The number of halogens is 1. The van der Waals surface area contributed by atoms with Crippen LogP contribution in [0.4, 0.5) is 0 Å². The number of para-hydroxylation sites is 1. The highest BCUT2D eigenvalue weighted by molar-refractivity contribution is 6.20. The molecule has 2 fully saturated rings. The Morgan fingerprint density at radius 1 is 0.938 bits per heavy atom. The number of fused-ring (bicyclic) bond motifs is 2. The van der Waals surface area contributed by atoms with Gasteiger partial charge < -0.3 is 25.4 Å². The molecule has 11 nitrogen and oxygen atoms in total. The number of rotatable bonds is 14. The van der Waals surface area contributed by atoms with Gasteiger partial charge in [-0.3, -0.25) is 28.8 Å². The van der Waals surface area contributed by atoms with Crippen molar-refractivity contribution in [3.63, 3.8) is 0 Å². The van der Waals surface area contributed by atoms with E-state index < -0.39 is 47.7 Å². The van der Waals surface area contributed by atoms with E-state index in [4.69, 9.17) is 11.6 Å². The number of ketones is 2. The lowest BCUT2D eigenvalue weighted by Crippen LogP contribution is -2.65. The predicted octanol–water partition coefficient (Wildman–Crippen LogP) is 4.28. The van der Waals surface area contributed by atoms with E-state index in [0.717, 1.165) is 11.9 Å². The minimum atomic E-state index is -1.65. The molecule has 0 bridgehead atoms. The highest BCUT2D eigenvalue weighted by Crippen LogP contribution is 2.25. The van der Waals surface area contributed by atoms with Crippen molar-refractivity contribution in [2.24, 2.45) is 5.92 Å². The SMILES string of the molecule is CCC(=O)CCCCC[C@@H]1NC(=O)C2CCCCN2C(=O)[C@H](C(C)CC)NC(=O)[C@H](C(=O)c2cn(CCCCl)c3ccccc23)NC1=O. The highest BCUT2D eigenvalue weighted by Gasteiger charge is 2.42. The molecule has 2 unspecified atom stereocenters. The predicted molar refractivity (Wildman–Crippen MR) is 185 cm³/mol. The van der Waals surface area contributed by atoms with Crippen molar-refractivity contribution in [1.82, 2.24) is 25.4 Å². The molecular formula is C36H50ClN5O6. The Bertz CT molecular complexity index is 1490. The third-order valence-electron chi connectivity index (χ3n) is 9.74. The van der Waals surface area contributed by atoms with E-state index in [0.29, 0.717) is 82.1 Å². The maximum atomic E-state index is 14.4. The number of nitrogens with zero attached hydrogens (tertiary/aromatic N) is 2. The lowest BCUT2D eigenvalue weighted by atomic mass is 9.93. The minimum absolute atomic E-state index is 0.168. The third-order valence-corrected chi connectivity index (χ3v) is 10.0. The van der Waals surface area contributed by atoms with Gasteiger partial charge in [-0.05, 0) is 50.5 Å². The molecular weight excluding hydrogens is 634 g/mol. The largest absolute Gasteiger partial charge is 0.347 e. The standard InChI is InChI=1S/C36H50ClN5O6/c1-4-23(3)30-36(48)42-21-12-11-18-29(42)34(46)38-27(16-8-6-7-14-24(43)5-2)33(45)40-31(35(47)39-30)32(44)26-22-41(20-13-19-37)28-17-10-9-15-25(26)28/h9-10,15,17,22-23,27,29-31H,4-8,11-14,16,18-21H2,1-3H3,(H,38,46)(H,39,47)(H,40,45)/t23?,27-,29?,30-,31-/m0/s1. The number of Topliss-reactive ketones (excluding diaryl/α,β-unsaturated/α-hetero) is 2. The summed E-state index contributed by atoms with van der Waals surface area (Å²) in [5, 5.41) is 9.01. The van der Waals surface area contributed by atoms with Gasteiger partial charge in [-0.1, -0.05) is 58.2 Å². The molecule has 0 aliphatic carbocycles. The molecule has 0 saturated carbocycles. The Hall–Kier alpha value is -3.73. The van der Waals surface area contributed by atoms with Crippen LogP contribution in [0.3, 0.4) is 0 Å². The summed E-state index contributed by atoms with van der Waals surface area (Å²) in [6.45, 7) is 6.48. The van der Waals surface area contributed by atoms with E-state index >= 15 is 0 Å². The Morgan fingerprint density at radius 3 is 2.44 bits per heavy atom. The van der Waals surface area contributed by atoms with Crippen molar-refractivity contribution in [2.45, 2.75) is 122 Å². The molecule has 4 amide bonds. The van der Waals surface area contributed by atoms with Crippen LogP contribution in [0.25, 0.3) is 10.9 Å². The second kappa shape index (κ2) is 17.6. The molecule has 0 radical (unpaired) electrons. The van der Waals surface area contributed by atoms with Gasteiger partial charge in [-0.2, -0.15) is 0 Å². The van der Waals surface area contributed by atoms with E-state index in [1.807, 2.05) is 37.5 Å². The highest BCUT2D eigenvalue weighted by atomic mass is 35.5. The maximum Gasteiger partial charge on any atom is 0.251 e. The fourth-order valence-corrected chi connectivity index (χ4v) is 6.75. The van der Waals surface area contributed by atoms with Crippen molar-refractivity contribution >= 4 is 57.7 Å². The zero-order valence-corrected chi connectivity index (χ0v) is 29.2. The summed E-state index contributed by atoms with van der Waals surface area (Å²) >= 11 is 5.96. The molecule has 262 valence electrons. The first-order chi connectivity index (χ1) is 23.1. The van der Waals surface area contributed by atoms with Crippen LogP contribution < -0.4 is 16.0 Å². The normalized spacial score (nSPS) is 23.0. The van der Waals surface area contributed by atoms with E-state index in [1.54, 1.807) is 18.3 Å². The first-order valence-electron chi connectivity index (χ1n) is 17.5. The molecule has 2 aromatic rings. The number of carbonyl (C=O) groups excluding carboxylic acids is 6. The van der Waals surface area contributed by atoms with Gasteiger partial charge in [0, 0.05) is 54.5 Å². The zero-order valence-electron chi connectivity index (χ0n) is 28.4. The molecule has 1 aromatic heterocycles. The van der Waals surface area contributed by atoms with Crippen molar-refractivity contribution in [3.05, 3.63) is 36.0 Å². The van der Waals surface area contributed by atoms with Gasteiger partial charge in [0.2, 0.25) is 17.7 Å². The Kier molecular flexibility index (Phi) is 13.6. The van der Waals surface area contributed by atoms with Crippen LogP contribution >= 0.6 is 11.6 Å². The summed E-state index contributed by atoms with van der Waals surface area (Å²) < 4.78 is 1.91. The number of hydrogen-bond donors (Lipinski definition) is 3. The molecule has 4 rings (SSSR count). The Balaban J connectivity index is 1.72. The van der Waals surface area contributed by atoms with Gasteiger partial charge in [0.1, 0.15) is 23.9 Å². The lowest BCUT2D eigenvalue weighted by Gasteiger charge is -2.39. The van der Waals surface area contributed by atoms with Crippen LogP contribution in [-0.2, 0) is 30.5 Å². The molecule has 48 heavy (non-hydrogen) atoms. The Labute approximate surface area is 287 Å². The number of aromatic nitrogens is 1. The summed E-state index contributed by atoms with van der Waals surface area (Å²) in [6, 6.07) is 2.88. The number of aryl methyl sites for hydroxylation is 1. The average Bonchev–Trinajstić information content (AvgIpc) is 3.48. The summed E-state index contributed by atoms with van der Waals surface area (Å²) in [5.41, 5.74) is 1.05. The quantitative estimate of drug-likeness (QED) is 0.117. The number of unbranched alkanes of at least 4 members (excludes halogenated alkanes) is 2. The van der Waals surface area contributed by atoms with Gasteiger partial charge >= 0.3 is 0 Å². The number of amides is 4. The van der Waals surface area contributed by atoms with Crippen molar-refractivity contribution in [1.29, 1.82) is 0 Å². The van der Waals surface area contributed by atoms with E-state index in [-0.39, 0.29) is 29.6 Å². The second-order valence-electron chi connectivity index (χ2n) is 13.1. The number of carbonyl (C=O) groups is 6. The molecule has 2 aliphatic heterocycles. The topological polar surface area (TPSA) is 147 Å². The molecule has 3 heterocycles. The number of nitrogens with one attached hydrogen (secondary N) is 3. The van der Waals surface area contributed by atoms with Gasteiger partial charge in [-0.15, -0.1) is 11.6 Å². The summed E-state index contributed by atoms with van der Waals surface area (Å²) in [7, 11) is 0. The first-order valence-corrected chi connectivity index (χ1v) is 18.1. The van der Waals surface area contributed by atoms with Crippen molar-refractivity contribution in [2.75, 3.05) is 12.4 Å². The van der Waals surface area contributed by atoms with Crippen molar-refractivity contribution < 1.29 is 28.8 Å². The van der Waals surface area contributed by atoms with Crippen molar-refractivity contribution in [3.8, 4) is 0 Å². The molecule has 5 atom stereocenters. The Morgan fingerprint density at radius 2 is 1.71 bits per heavy atom.